The van der Waals surface area contributed by atoms with Crippen LogP contribution in [-0.4, -0.2) is 18.4 Å². The molecule has 0 aromatic heterocycles. The first-order chi connectivity index (χ1) is 9.24. The Hall–Kier alpha value is -1.15. The van der Waals surface area contributed by atoms with Crippen molar-refractivity contribution in [1.29, 1.82) is 0 Å². The second-order valence-corrected chi connectivity index (χ2v) is 5.33. The van der Waals surface area contributed by atoms with E-state index in [0.29, 0.717) is 5.69 Å². The molecule has 0 heterocycles. The number of rotatable bonds is 3. The highest BCUT2D eigenvalue weighted by molar-refractivity contribution is 9.10. The Morgan fingerprint density at radius 3 is 2.55 bits per heavy atom. The molecule has 2 rings (SSSR count). The van der Waals surface area contributed by atoms with Gasteiger partial charge in [0.05, 0.1) is 10.6 Å². The van der Waals surface area contributed by atoms with E-state index in [2.05, 4.69) is 26.0 Å². The lowest BCUT2D eigenvalue weighted by Crippen LogP contribution is -2.41. The highest BCUT2D eigenvalue weighted by Gasteiger charge is 2.42. The summed E-state index contributed by atoms with van der Waals surface area (Å²) in [6.07, 6.45) is -5.60. The number of nitrogens with one attached hydrogen (secondary N) is 1. The summed E-state index contributed by atoms with van der Waals surface area (Å²) in [6, 6.07) is 3.94. The van der Waals surface area contributed by atoms with Crippen LogP contribution in [0.4, 0.5) is 23.2 Å². The summed E-state index contributed by atoms with van der Waals surface area (Å²) in [7, 11) is 0. The molecule has 1 aliphatic rings. The summed E-state index contributed by atoms with van der Waals surface area (Å²) in [5.41, 5.74) is 0.378. The number of hydrogen-bond acceptors (Lipinski definition) is 2. The molecule has 0 aliphatic heterocycles. The van der Waals surface area contributed by atoms with Gasteiger partial charge in [0.2, 0.25) is 5.91 Å². The third-order valence-electron chi connectivity index (χ3n) is 2.95. The molecule has 20 heavy (non-hydrogen) atoms. The van der Waals surface area contributed by atoms with Crippen LogP contribution in [0.3, 0.4) is 0 Å². The molecular formula is C12H10BrF4NO2. The molecular weight excluding hydrogens is 346 g/mol. The fraction of sp³-hybridized carbons (Fsp3) is 0.417. The van der Waals surface area contributed by atoms with E-state index < -0.39 is 30.1 Å². The Bertz CT molecular complexity index is 515. The maximum atomic E-state index is 13.0. The van der Waals surface area contributed by atoms with Crippen molar-refractivity contribution in [3.63, 3.8) is 0 Å². The van der Waals surface area contributed by atoms with Crippen molar-refractivity contribution in [2.24, 2.45) is 5.92 Å². The zero-order valence-electron chi connectivity index (χ0n) is 10.0. The van der Waals surface area contributed by atoms with Crippen LogP contribution in [0.2, 0.25) is 0 Å². The SMILES string of the molecule is O=C(Nc1ccc(F)c(Br)c1)C1CC(OC(F)(F)F)C1. The molecule has 110 valence electrons. The van der Waals surface area contributed by atoms with Gasteiger partial charge in [0.15, 0.2) is 0 Å². The molecule has 1 amide bonds. The highest BCUT2D eigenvalue weighted by atomic mass is 79.9. The van der Waals surface area contributed by atoms with Crippen molar-refractivity contribution >= 4 is 27.5 Å². The number of ether oxygens (including phenoxy) is 1. The fourth-order valence-corrected chi connectivity index (χ4v) is 2.26. The van der Waals surface area contributed by atoms with Gasteiger partial charge in [0, 0.05) is 11.6 Å². The molecule has 3 nitrogen and oxygen atoms in total. The Kier molecular flexibility index (Phi) is 4.33. The molecule has 1 aliphatic carbocycles. The van der Waals surface area contributed by atoms with Crippen LogP contribution in [-0.2, 0) is 9.53 Å². The standard InChI is InChI=1S/C12H10BrF4NO2/c13-9-5-7(1-2-10(9)14)18-11(19)6-3-8(4-6)20-12(15,16)17/h1-2,5-6,8H,3-4H2,(H,18,19). The zero-order valence-corrected chi connectivity index (χ0v) is 11.6. The molecule has 1 fully saturated rings. The first-order valence-corrected chi connectivity index (χ1v) is 6.54. The van der Waals surface area contributed by atoms with Gasteiger partial charge in [-0.1, -0.05) is 0 Å². The van der Waals surface area contributed by atoms with E-state index in [1.54, 1.807) is 0 Å². The van der Waals surface area contributed by atoms with Crippen LogP contribution in [0.25, 0.3) is 0 Å². The number of hydrogen-bond donors (Lipinski definition) is 1. The minimum Gasteiger partial charge on any atom is -0.326 e. The average Bonchev–Trinajstić information content (AvgIpc) is 2.26. The molecule has 0 bridgehead atoms. The van der Waals surface area contributed by atoms with E-state index in [9.17, 15) is 22.4 Å². The lowest BCUT2D eigenvalue weighted by molar-refractivity contribution is -0.353. The molecule has 8 heteroatoms. The number of halogens is 5. The Morgan fingerprint density at radius 1 is 1.35 bits per heavy atom. The van der Waals surface area contributed by atoms with Crippen molar-refractivity contribution in [2.45, 2.75) is 25.3 Å². The lowest BCUT2D eigenvalue weighted by Gasteiger charge is -2.34. The first kappa shape index (κ1) is 15.2. The van der Waals surface area contributed by atoms with E-state index in [1.807, 2.05) is 0 Å². The van der Waals surface area contributed by atoms with Crippen LogP contribution in [0.15, 0.2) is 22.7 Å². The van der Waals surface area contributed by atoms with Gasteiger partial charge < -0.3 is 5.32 Å². The number of benzene rings is 1. The third kappa shape index (κ3) is 3.92. The van der Waals surface area contributed by atoms with E-state index in [0.717, 1.165) is 0 Å². The molecule has 1 saturated carbocycles. The van der Waals surface area contributed by atoms with Gasteiger partial charge >= 0.3 is 6.36 Å². The largest absolute Gasteiger partial charge is 0.522 e. The summed E-state index contributed by atoms with van der Waals surface area (Å²) >= 11 is 2.98. The van der Waals surface area contributed by atoms with Gasteiger partial charge in [-0.3, -0.25) is 9.53 Å². The average molecular weight is 356 g/mol. The van der Waals surface area contributed by atoms with Gasteiger partial charge in [0.1, 0.15) is 5.82 Å². The normalized spacial score (nSPS) is 22.2. The summed E-state index contributed by atoms with van der Waals surface area (Å²) in [5, 5.41) is 2.52. The molecule has 0 saturated heterocycles. The van der Waals surface area contributed by atoms with Crippen LogP contribution in [0.5, 0.6) is 0 Å². The Labute approximate surface area is 120 Å². The van der Waals surface area contributed by atoms with Gasteiger partial charge in [-0.05, 0) is 47.0 Å². The lowest BCUT2D eigenvalue weighted by atomic mass is 9.81. The summed E-state index contributed by atoms with van der Waals surface area (Å²) in [5.74, 6) is -1.39. The molecule has 1 aromatic rings. The second-order valence-electron chi connectivity index (χ2n) is 4.47. The predicted octanol–water partition coefficient (Wildman–Crippen LogP) is 3.84. The van der Waals surface area contributed by atoms with Crippen molar-refractivity contribution in [3.05, 3.63) is 28.5 Å². The number of carbonyl (C=O) groups excluding carboxylic acids is 1. The molecule has 0 atom stereocenters. The molecule has 0 radical (unpaired) electrons. The van der Waals surface area contributed by atoms with E-state index in [1.165, 1.54) is 18.2 Å². The van der Waals surface area contributed by atoms with Crippen LogP contribution in [0, 0.1) is 11.7 Å². The molecule has 1 aromatic carbocycles. The van der Waals surface area contributed by atoms with Gasteiger partial charge in [-0.2, -0.15) is 0 Å². The van der Waals surface area contributed by atoms with Gasteiger partial charge in [0.25, 0.3) is 0 Å². The molecule has 0 unspecified atom stereocenters. The molecule has 1 N–H and O–H groups in total. The second kappa shape index (κ2) is 5.69. The van der Waals surface area contributed by atoms with E-state index in [4.69, 9.17) is 0 Å². The summed E-state index contributed by atoms with van der Waals surface area (Å²) in [6.45, 7) is 0. The predicted molar refractivity (Wildman–Crippen MR) is 66.4 cm³/mol. The Morgan fingerprint density at radius 2 is 2.00 bits per heavy atom. The Balaban J connectivity index is 1.84. The number of alkyl halides is 3. The van der Waals surface area contributed by atoms with E-state index in [-0.39, 0.29) is 17.3 Å². The highest BCUT2D eigenvalue weighted by Crippen LogP contribution is 2.35. The minimum atomic E-state index is -4.67. The summed E-state index contributed by atoms with van der Waals surface area (Å²) in [4.78, 5) is 11.7. The maximum Gasteiger partial charge on any atom is 0.522 e. The monoisotopic (exact) mass is 355 g/mol. The molecule has 0 spiro atoms. The smallest absolute Gasteiger partial charge is 0.326 e. The first-order valence-electron chi connectivity index (χ1n) is 5.75. The van der Waals surface area contributed by atoms with Crippen LogP contribution >= 0.6 is 15.9 Å². The van der Waals surface area contributed by atoms with E-state index >= 15 is 0 Å². The van der Waals surface area contributed by atoms with Crippen molar-refractivity contribution < 1.29 is 27.1 Å². The summed E-state index contributed by atoms with van der Waals surface area (Å²) < 4.78 is 52.8. The quantitative estimate of drug-likeness (QED) is 0.836. The third-order valence-corrected chi connectivity index (χ3v) is 3.56. The van der Waals surface area contributed by atoms with Crippen molar-refractivity contribution in [1.82, 2.24) is 0 Å². The maximum absolute atomic E-state index is 13.0. The van der Waals surface area contributed by atoms with Crippen LogP contribution < -0.4 is 5.32 Å². The van der Waals surface area contributed by atoms with Crippen molar-refractivity contribution in [3.8, 4) is 0 Å². The van der Waals surface area contributed by atoms with Gasteiger partial charge in [-0.15, -0.1) is 13.2 Å². The zero-order chi connectivity index (χ0) is 14.9. The van der Waals surface area contributed by atoms with Crippen LogP contribution in [0.1, 0.15) is 12.8 Å². The number of anilines is 1. The van der Waals surface area contributed by atoms with Crippen molar-refractivity contribution in [2.75, 3.05) is 5.32 Å². The number of amides is 1. The topological polar surface area (TPSA) is 38.3 Å². The van der Waals surface area contributed by atoms with Gasteiger partial charge in [-0.25, -0.2) is 4.39 Å². The minimum absolute atomic E-state index is 0.0215. The fourth-order valence-electron chi connectivity index (χ4n) is 1.88. The number of carbonyl (C=O) groups is 1.